The van der Waals surface area contributed by atoms with Gasteiger partial charge in [0, 0.05) is 49.1 Å². The predicted molar refractivity (Wildman–Crippen MR) is 134 cm³/mol. The van der Waals surface area contributed by atoms with E-state index in [4.69, 9.17) is 4.99 Å². The summed E-state index contributed by atoms with van der Waals surface area (Å²) in [6.07, 6.45) is 4.33. The second-order valence-corrected chi connectivity index (χ2v) is 9.37. The number of benzene rings is 1. The number of hydrogen-bond donors (Lipinski definition) is 0. The molecule has 1 saturated heterocycles. The van der Waals surface area contributed by atoms with E-state index in [2.05, 4.69) is 59.7 Å². The van der Waals surface area contributed by atoms with E-state index in [1.165, 1.54) is 6.20 Å². The van der Waals surface area contributed by atoms with Gasteiger partial charge in [-0.3, -0.25) is 9.98 Å². The number of nitrogens with zero attached hydrogens (tertiary/aromatic N) is 6. The van der Waals surface area contributed by atoms with Crippen molar-refractivity contribution in [2.24, 2.45) is 9.98 Å². The molecule has 0 saturated carbocycles. The number of allylic oxidation sites excluding steroid dienone is 1. The van der Waals surface area contributed by atoms with Gasteiger partial charge in [0.25, 0.3) is 0 Å². The van der Waals surface area contributed by atoms with Crippen molar-refractivity contribution in [2.75, 3.05) is 49.7 Å². The van der Waals surface area contributed by atoms with Crippen molar-refractivity contribution >= 4 is 28.6 Å². The summed E-state index contributed by atoms with van der Waals surface area (Å²) in [7, 11) is 2.14. The number of fused-ring (bicyclic) bond motifs is 1. The van der Waals surface area contributed by atoms with E-state index < -0.39 is 0 Å². The number of hydrogen-bond acceptors (Lipinski definition) is 6. The number of aromatic nitrogens is 1. The third kappa shape index (κ3) is 3.84. The highest BCUT2D eigenvalue weighted by atomic mass is 19.1. The Morgan fingerprint density at radius 1 is 1.09 bits per heavy atom. The molecule has 7 heteroatoms. The molecule has 5 rings (SSSR count). The molecule has 1 aromatic carbocycles. The molecule has 33 heavy (non-hydrogen) atoms. The molecule has 2 aromatic rings. The lowest BCUT2D eigenvalue weighted by Gasteiger charge is -2.34. The lowest BCUT2D eigenvalue weighted by Crippen LogP contribution is -2.44. The first kappa shape index (κ1) is 21.8. The quantitative estimate of drug-likeness (QED) is 0.684. The Hall–Kier alpha value is -3.06. The highest BCUT2D eigenvalue weighted by Crippen LogP contribution is 2.43. The summed E-state index contributed by atoms with van der Waals surface area (Å²) in [6, 6.07) is 9.97. The first-order chi connectivity index (χ1) is 15.9. The van der Waals surface area contributed by atoms with Crippen molar-refractivity contribution in [3.63, 3.8) is 0 Å². The van der Waals surface area contributed by atoms with Gasteiger partial charge in [0.1, 0.15) is 18.2 Å². The minimum atomic E-state index is -0.347. The van der Waals surface area contributed by atoms with Gasteiger partial charge in [0.2, 0.25) is 0 Å². The Kier molecular flexibility index (Phi) is 5.52. The normalized spacial score (nSPS) is 23.2. The van der Waals surface area contributed by atoms with Crippen molar-refractivity contribution in [3.8, 4) is 0 Å². The van der Waals surface area contributed by atoms with Crippen LogP contribution in [0.4, 0.5) is 21.6 Å². The summed E-state index contributed by atoms with van der Waals surface area (Å²) < 4.78 is 15.2. The standard InChI is InChI=1S/C26H31FN6/c1-5-26(3)18(2)30-23-8-6-19(14-21(23)26)25-22(27)16-33(17-29-25)24-9-7-20(15-28-24)32-12-10-31(4)11-13-32/h6-9,14-16H,5,10-13,17H2,1-4H3. The van der Waals surface area contributed by atoms with E-state index in [9.17, 15) is 0 Å². The number of aliphatic imine (C=N–C) groups is 2. The molecule has 1 unspecified atom stereocenters. The van der Waals surface area contributed by atoms with Crippen LogP contribution in [0.15, 0.2) is 58.5 Å². The van der Waals surface area contributed by atoms with E-state index in [1.807, 2.05) is 24.4 Å². The maximum atomic E-state index is 15.2. The van der Waals surface area contributed by atoms with Gasteiger partial charge >= 0.3 is 0 Å². The zero-order valence-corrected chi connectivity index (χ0v) is 19.8. The molecule has 0 bridgehead atoms. The van der Waals surface area contributed by atoms with E-state index in [1.54, 1.807) is 4.90 Å². The fourth-order valence-corrected chi connectivity index (χ4v) is 4.80. The van der Waals surface area contributed by atoms with Gasteiger partial charge in [-0.1, -0.05) is 19.9 Å². The third-order valence-electron chi connectivity index (χ3n) is 7.43. The molecular formula is C26H31FN6. The van der Waals surface area contributed by atoms with E-state index in [-0.39, 0.29) is 11.2 Å². The van der Waals surface area contributed by atoms with Crippen LogP contribution in [0.2, 0.25) is 0 Å². The summed E-state index contributed by atoms with van der Waals surface area (Å²) >= 11 is 0. The minimum absolute atomic E-state index is 0.109. The minimum Gasteiger partial charge on any atom is -0.368 e. The van der Waals surface area contributed by atoms with Crippen molar-refractivity contribution in [3.05, 3.63) is 59.7 Å². The van der Waals surface area contributed by atoms with Crippen LogP contribution in [0.25, 0.3) is 0 Å². The van der Waals surface area contributed by atoms with Gasteiger partial charge in [-0.05, 0) is 50.2 Å². The molecule has 3 aliphatic rings. The van der Waals surface area contributed by atoms with Crippen LogP contribution in [-0.2, 0) is 5.41 Å². The van der Waals surface area contributed by atoms with Crippen LogP contribution in [0, 0.1) is 0 Å². The number of rotatable bonds is 4. The SMILES string of the molecule is CCC1(C)C(C)=Nc2ccc(C3=NCN(c4ccc(N5CCN(C)CC5)cn4)C=C3F)cc21. The summed E-state index contributed by atoms with van der Waals surface area (Å²) in [6.45, 7) is 10.9. The second-order valence-electron chi connectivity index (χ2n) is 9.37. The van der Waals surface area contributed by atoms with Crippen molar-refractivity contribution in [1.29, 1.82) is 0 Å². The van der Waals surface area contributed by atoms with Crippen LogP contribution >= 0.6 is 0 Å². The summed E-state index contributed by atoms with van der Waals surface area (Å²) in [5.41, 5.74) is 5.42. The smallest absolute Gasteiger partial charge is 0.165 e. The Labute approximate surface area is 195 Å². The van der Waals surface area contributed by atoms with E-state index >= 15 is 4.39 Å². The molecule has 4 heterocycles. The molecule has 1 fully saturated rings. The van der Waals surface area contributed by atoms with Gasteiger partial charge in [-0.25, -0.2) is 9.37 Å². The predicted octanol–water partition coefficient (Wildman–Crippen LogP) is 4.68. The molecule has 0 radical (unpaired) electrons. The lowest BCUT2D eigenvalue weighted by molar-refractivity contribution is 0.313. The molecule has 1 atom stereocenters. The fourth-order valence-electron chi connectivity index (χ4n) is 4.80. The Bertz CT molecular complexity index is 1140. The lowest BCUT2D eigenvalue weighted by atomic mass is 9.77. The van der Waals surface area contributed by atoms with Crippen LogP contribution in [0.1, 0.15) is 38.3 Å². The maximum Gasteiger partial charge on any atom is 0.165 e. The largest absolute Gasteiger partial charge is 0.368 e. The summed E-state index contributed by atoms with van der Waals surface area (Å²) in [5, 5.41) is 0. The topological polar surface area (TPSA) is 47.3 Å². The average molecular weight is 447 g/mol. The van der Waals surface area contributed by atoms with Gasteiger partial charge in [0.15, 0.2) is 5.83 Å². The molecule has 0 aliphatic carbocycles. The molecule has 1 aromatic heterocycles. The monoisotopic (exact) mass is 446 g/mol. The van der Waals surface area contributed by atoms with Gasteiger partial charge in [-0.2, -0.15) is 0 Å². The Morgan fingerprint density at radius 3 is 2.55 bits per heavy atom. The summed E-state index contributed by atoms with van der Waals surface area (Å²) in [4.78, 5) is 20.3. The van der Waals surface area contributed by atoms with Gasteiger partial charge < -0.3 is 14.7 Å². The second kappa shape index (κ2) is 8.37. The highest BCUT2D eigenvalue weighted by Gasteiger charge is 2.35. The number of halogens is 1. The van der Waals surface area contributed by atoms with Crippen LogP contribution in [-0.4, -0.2) is 61.2 Å². The number of pyridine rings is 1. The van der Waals surface area contributed by atoms with Crippen LogP contribution < -0.4 is 9.80 Å². The molecule has 0 spiro atoms. The molecule has 172 valence electrons. The number of anilines is 2. The molecular weight excluding hydrogens is 415 g/mol. The average Bonchev–Trinajstić information content (AvgIpc) is 3.09. The van der Waals surface area contributed by atoms with Crippen molar-refractivity contribution < 1.29 is 4.39 Å². The molecule has 0 amide bonds. The van der Waals surface area contributed by atoms with E-state index in [0.29, 0.717) is 18.2 Å². The summed E-state index contributed by atoms with van der Waals surface area (Å²) in [5.74, 6) is 0.349. The van der Waals surface area contributed by atoms with Crippen LogP contribution in [0.5, 0.6) is 0 Å². The Morgan fingerprint density at radius 2 is 1.88 bits per heavy atom. The van der Waals surface area contributed by atoms with Crippen molar-refractivity contribution in [1.82, 2.24) is 9.88 Å². The van der Waals surface area contributed by atoms with Gasteiger partial charge in [0.05, 0.1) is 17.6 Å². The first-order valence-corrected chi connectivity index (χ1v) is 11.7. The number of piperazine rings is 1. The molecule has 6 nitrogen and oxygen atoms in total. The zero-order chi connectivity index (χ0) is 23.2. The first-order valence-electron chi connectivity index (χ1n) is 11.7. The number of likely N-dealkylation sites (N-methyl/N-ethyl adjacent to an activating group) is 1. The highest BCUT2D eigenvalue weighted by molar-refractivity contribution is 6.13. The van der Waals surface area contributed by atoms with E-state index in [0.717, 1.165) is 60.8 Å². The molecule has 3 aliphatic heterocycles. The maximum absolute atomic E-state index is 15.2. The molecule has 0 N–H and O–H groups in total. The third-order valence-corrected chi connectivity index (χ3v) is 7.43. The van der Waals surface area contributed by atoms with Gasteiger partial charge in [-0.15, -0.1) is 0 Å². The van der Waals surface area contributed by atoms with Crippen molar-refractivity contribution in [2.45, 2.75) is 32.6 Å². The van der Waals surface area contributed by atoms with Crippen LogP contribution in [0.3, 0.4) is 0 Å². The fraction of sp³-hybridized carbons (Fsp3) is 0.423. The zero-order valence-electron chi connectivity index (χ0n) is 19.8. The Balaban J connectivity index is 1.33.